The summed E-state index contributed by atoms with van der Waals surface area (Å²) >= 11 is 0. The van der Waals surface area contributed by atoms with Gasteiger partial charge >= 0.3 is 0 Å². The minimum atomic E-state index is -4.46. The average Bonchev–Trinajstić information content (AvgIpc) is 2.40. The maximum atomic E-state index is 13.5. The van der Waals surface area contributed by atoms with Crippen LogP contribution < -0.4 is 5.32 Å². The molecule has 0 heterocycles. The predicted octanol–water partition coefficient (Wildman–Crippen LogP) is 1.80. The molecule has 0 spiro atoms. The van der Waals surface area contributed by atoms with Gasteiger partial charge in [-0.3, -0.25) is 9.35 Å². The van der Waals surface area contributed by atoms with E-state index in [0.29, 0.717) is 0 Å². The standard InChI is InChI=1S/C9H6F4N4O4S/c10-4-3(9(18)15-1-2-22(19,20)21)5(11)7(13)8(6(4)12)16-17-14/h1-2H2,(H,15,18)(H,19,20,21). The van der Waals surface area contributed by atoms with Crippen molar-refractivity contribution < 1.29 is 35.3 Å². The predicted molar refractivity (Wildman–Crippen MR) is 63.8 cm³/mol. The number of benzene rings is 1. The number of amides is 1. The lowest BCUT2D eigenvalue weighted by atomic mass is 10.1. The van der Waals surface area contributed by atoms with Crippen molar-refractivity contribution in [2.45, 2.75) is 0 Å². The lowest BCUT2D eigenvalue weighted by molar-refractivity contribution is 0.0945. The summed E-state index contributed by atoms with van der Waals surface area (Å²) in [7, 11) is -4.46. The molecule has 0 unspecified atom stereocenters. The van der Waals surface area contributed by atoms with Crippen molar-refractivity contribution in [3.8, 4) is 0 Å². The van der Waals surface area contributed by atoms with Crippen LogP contribution in [0.1, 0.15) is 10.4 Å². The largest absolute Gasteiger partial charge is 0.351 e. The summed E-state index contributed by atoms with van der Waals surface area (Å²) in [6, 6.07) is 0. The number of nitrogens with zero attached hydrogens (tertiary/aromatic N) is 3. The second-order valence-corrected chi connectivity index (χ2v) is 5.28. The fraction of sp³-hybridized carbons (Fsp3) is 0.222. The number of carbonyl (C=O) groups excluding carboxylic acids is 1. The first kappa shape index (κ1) is 17.7. The summed E-state index contributed by atoms with van der Waals surface area (Å²) in [5.41, 5.74) is 4.79. The number of hydrogen-bond acceptors (Lipinski definition) is 4. The van der Waals surface area contributed by atoms with E-state index in [-0.39, 0.29) is 0 Å². The Kier molecular flexibility index (Phi) is 5.30. The van der Waals surface area contributed by atoms with Gasteiger partial charge in [0.15, 0.2) is 23.3 Å². The Hall–Kier alpha value is -2.37. The van der Waals surface area contributed by atoms with Gasteiger partial charge in [-0.1, -0.05) is 5.11 Å². The molecule has 0 aliphatic carbocycles. The van der Waals surface area contributed by atoms with Gasteiger partial charge in [-0.15, -0.1) is 0 Å². The Morgan fingerprint density at radius 3 is 2.09 bits per heavy atom. The van der Waals surface area contributed by atoms with Crippen LogP contribution in [0.4, 0.5) is 23.2 Å². The molecule has 13 heteroatoms. The first-order valence-corrected chi connectivity index (χ1v) is 6.85. The smallest absolute Gasteiger partial charge is 0.266 e. The van der Waals surface area contributed by atoms with Gasteiger partial charge in [0.05, 0.1) is 5.75 Å². The highest BCUT2D eigenvalue weighted by atomic mass is 32.2. The molecule has 0 fully saturated rings. The maximum absolute atomic E-state index is 13.5. The van der Waals surface area contributed by atoms with Crippen LogP contribution in [0.2, 0.25) is 0 Å². The van der Waals surface area contributed by atoms with Crippen LogP contribution in [0.5, 0.6) is 0 Å². The average molecular weight is 342 g/mol. The molecule has 0 radical (unpaired) electrons. The molecule has 2 N–H and O–H groups in total. The fourth-order valence-electron chi connectivity index (χ4n) is 1.33. The first-order valence-electron chi connectivity index (χ1n) is 5.24. The van der Waals surface area contributed by atoms with E-state index in [1.165, 1.54) is 0 Å². The fourth-order valence-corrected chi connectivity index (χ4v) is 1.69. The third kappa shape index (κ3) is 3.84. The van der Waals surface area contributed by atoms with E-state index < -0.39 is 62.8 Å². The zero-order valence-electron chi connectivity index (χ0n) is 10.3. The maximum Gasteiger partial charge on any atom is 0.266 e. The first-order chi connectivity index (χ1) is 10.1. The Bertz CT molecular complexity index is 747. The van der Waals surface area contributed by atoms with Gasteiger partial charge in [-0.2, -0.15) is 8.42 Å². The van der Waals surface area contributed by atoms with Crippen LogP contribution in [0, 0.1) is 23.3 Å². The molecule has 0 atom stereocenters. The highest BCUT2D eigenvalue weighted by Crippen LogP contribution is 2.30. The van der Waals surface area contributed by atoms with E-state index in [1.807, 2.05) is 4.91 Å². The van der Waals surface area contributed by atoms with Crippen molar-refractivity contribution in [2.75, 3.05) is 12.3 Å². The molecule has 0 aromatic heterocycles. The van der Waals surface area contributed by atoms with Crippen LogP contribution in [0.3, 0.4) is 0 Å². The molecular formula is C9H6F4N4O4S. The van der Waals surface area contributed by atoms with Gasteiger partial charge < -0.3 is 5.32 Å². The van der Waals surface area contributed by atoms with Gasteiger partial charge in [0.25, 0.3) is 16.0 Å². The van der Waals surface area contributed by atoms with Crippen LogP contribution in [0.15, 0.2) is 5.11 Å². The number of rotatable bonds is 5. The molecule has 1 aromatic rings. The molecule has 1 amide bonds. The highest BCUT2D eigenvalue weighted by molar-refractivity contribution is 7.85. The van der Waals surface area contributed by atoms with Crippen LogP contribution in [-0.2, 0) is 10.1 Å². The van der Waals surface area contributed by atoms with Gasteiger partial charge in [0, 0.05) is 11.5 Å². The number of nitrogens with one attached hydrogen (secondary N) is 1. The van der Waals surface area contributed by atoms with E-state index in [2.05, 4.69) is 5.11 Å². The molecular weight excluding hydrogens is 336 g/mol. The molecule has 0 saturated carbocycles. The third-order valence-corrected chi connectivity index (χ3v) is 2.98. The molecule has 1 rings (SSSR count). The van der Waals surface area contributed by atoms with E-state index in [4.69, 9.17) is 10.1 Å². The molecule has 0 bridgehead atoms. The van der Waals surface area contributed by atoms with Crippen molar-refractivity contribution in [3.05, 3.63) is 39.3 Å². The summed E-state index contributed by atoms with van der Waals surface area (Å²) in [4.78, 5) is 13.4. The summed E-state index contributed by atoms with van der Waals surface area (Å²) < 4.78 is 83.1. The number of halogens is 4. The minimum Gasteiger partial charge on any atom is -0.351 e. The van der Waals surface area contributed by atoms with Crippen molar-refractivity contribution in [1.29, 1.82) is 0 Å². The Morgan fingerprint density at radius 2 is 1.68 bits per heavy atom. The second kappa shape index (κ2) is 6.60. The van der Waals surface area contributed by atoms with Crippen molar-refractivity contribution in [2.24, 2.45) is 5.11 Å². The number of hydrogen-bond donors (Lipinski definition) is 2. The van der Waals surface area contributed by atoms with E-state index in [9.17, 15) is 30.8 Å². The summed E-state index contributed by atoms with van der Waals surface area (Å²) in [5, 5.41) is 4.08. The highest BCUT2D eigenvalue weighted by Gasteiger charge is 2.28. The molecule has 0 aliphatic heterocycles. The van der Waals surface area contributed by atoms with Gasteiger partial charge in [0.1, 0.15) is 11.3 Å². The SMILES string of the molecule is [N-]=[N+]=Nc1c(F)c(F)c(C(=O)NCCS(=O)(=O)O)c(F)c1F. The second-order valence-electron chi connectivity index (χ2n) is 3.71. The molecule has 0 saturated heterocycles. The molecule has 1 aromatic carbocycles. The molecule has 8 nitrogen and oxygen atoms in total. The monoisotopic (exact) mass is 342 g/mol. The van der Waals surface area contributed by atoms with Gasteiger partial charge in [-0.25, -0.2) is 17.6 Å². The molecule has 0 aliphatic rings. The Balaban J connectivity index is 3.20. The van der Waals surface area contributed by atoms with Crippen LogP contribution in [0.25, 0.3) is 10.4 Å². The topological polar surface area (TPSA) is 132 Å². The molecule has 120 valence electrons. The quantitative estimate of drug-likeness (QED) is 0.211. The lowest BCUT2D eigenvalue weighted by Gasteiger charge is -2.09. The normalized spacial score (nSPS) is 11.0. The summed E-state index contributed by atoms with van der Waals surface area (Å²) in [5.74, 6) is -11.1. The van der Waals surface area contributed by atoms with Gasteiger partial charge in [0.2, 0.25) is 0 Å². The zero-order valence-corrected chi connectivity index (χ0v) is 11.2. The van der Waals surface area contributed by atoms with Crippen molar-refractivity contribution in [3.63, 3.8) is 0 Å². The van der Waals surface area contributed by atoms with Gasteiger partial charge in [-0.05, 0) is 5.53 Å². The van der Waals surface area contributed by atoms with Crippen molar-refractivity contribution >= 4 is 21.7 Å². The van der Waals surface area contributed by atoms with E-state index in [0.717, 1.165) is 0 Å². The Labute approximate surface area is 120 Å². The Morgan fingerprint density at radius 1 is 1.18 bits per heavy atom. The van der Waals surface area contributed by atoms with E-state index in [1.54, 1.807) is 5.32 Å². The summed E-state index contributed by atoms with van der Waals surface area (Å²) in [6.45, 7) is -0.766. The zero-order chi connectivity index (χ0) is 17.1. The molecule has 22 heavy (non-hydrogen) atoms. The minimum absolute atomic E-state index is 0.766. The van der Waals surface area contributed by atoms with Crippen LogP contribution in [-0.4, -0.2) is 31.2 Å². The number of carbonyl (C=O) groups is 1. The van der Waals surface area contributed by atoms with Crippen LogP contribution >= 0.6 is 0 Å². The number of azide groups is 1. The van der Waals surface area contributed by atoms with Crippen molar-refractivity contribution in [1.82, 2.24) is 5.32 Å². The lowest BCUT2D eigenvalue weighted by Crippen LogP contribution is -2.31. The third-order valence-electron chi connectivity index (χ3n) is 2.26. The van der Waals surface area contributed by atoms with E-state index >= 15 is 0 Å². The summed E-state index contributed by atoms with van der Waals surface area (Å²) in [6.07, 6.45) is 0.